The number of likely N-dealkylation sites (tertiary alicyclic amines) is 1. The Morgan fingerprint density at radius 1 is 1.26 bits per heavy atom. The standard InChI is InChI=1S/C18H26N2O3/c1-18(2,3)23-17(21)20-12-15-16(13-20)22-10-9-19(15)11-14-7-5-4-6-8-14/h4-8,15-16H,9-13H2,1-3H3/t15-,16-/m1/s1. The molecule has 1 amide bonds. The molecule has 0 bridgehead atoms. The van der Waals surface area contributed by atoms with Crippen molar-refractivity contribution in [3.63, 3.8) is 0 Å². The summed E-state index contributed by atoms with van der Waals surface area (Å²) in [5, 5.41) is 0. The van der Waals surface area contributed by atoms with E-state index >= 15 is 0 Å². The zero-order valence-corrected chi connectivity index (χ0v) is 14.2. The Kier molecular flexibility index (Phi) is 4.60. The number of benzene rings is 1. The van der Waals surface area contributed by atoms with Gasteiger partial charge in [-0.2, -0.15) is 0 Å². The van der Waals surface area contributed by atoms with Gasteiger partial charge in [-0.1, -0.05) is 30.3 Å². The smallest absolute Gasteiger partial charge is 0.410 e. The Morgan fingerprint density at radius 2 is 2.00 bits per heavy atom. The second-order valence-corrected chi connectivity index (χ2v) is 7.32. The van der Waals surface area contributed by atoms with Crippen molar-refractivity contribution in [2.45, 2.75) is 45.1 Å². The molecule has 2 aliphatic rings. The van der Waals surface area contributed by atoms with Crippen molar-refractivity contribution in [1.29, 1.82) is 0 Å². The Hall–Kier alpha value is -1.59. The normalized spacial score (nSPS) is 25.3. The number of ether oxygens (including phenoxy) is 2. The molecule has 3 rings (SSSR count). The number of amides is 1. The first-order chi connectivity index (χ1) is 10.9. The maximum atomic E-state index is 12.3. The fourth-order valence-electron chi connectivity index (χ4n) is 3.25. The van der Waals surface area contributed by atoms with Crippen LogP contribution >= 0.6 is 0 Å². The lowest BCUT2D eigenvalue weighted by molar-refractivity contribution is -0.0505. The summed E-state index contributed by atoms with van der Waals surface area (Å²) >= 11 is 0. The molecule has 1 aromatic rings. The second-order valence-electron chi connectivity index (χ2n) is 7.32. The van der Waals surface area contributed by atoms with Crippen LogP contribution in [-0.4, -0.2) is 59.9 Å². The molecule has 0 N–H and O–H groups in total. The summed E-state index contributed by atoms with van der Waals surface area (Å²) in [6.07, 6.45) is -0.157. The van der Waals surface area contributed by atoms with Crippen LogP contribution in [0.4, 0.5) is 4.79 Å². The van der Waals surface area contributed by atoms with E-state index in [1.165, 1.54) is 5.56 Å². The third-order valence-electron chi connectivity index (χ3n) is 4.30. The van der Waals surface area contributed by atoms with Crippen molar-refractivity contribution in [3.05, 3.63) is 35.9 Å². The van der Waals surface area contributed by atoms with Gasteiger partial charge in [0.1, 0.15) is 5.60 Å². The van der Waals surface area contributed by atoms with Gasteiger partial charge in [0.05, 0.1) is 25.3 Å². The second kappa shape index (κ2) is 6.49. The first-order valence-corrected chi connectivity index (χ1v) is 8.30. The fourth-order valence-corrected chi connectivity index (χ4v) is 3.25. The Labute approximate surface area is 138 Å². The third kappa shape index (κ3) is 4.03. The quantitative estimate of drug-likeness (QED) is 0.840. The Morgan fingerprint density at radius 3 is 2.70 bits per heavy atom. The molecule has 2 atom stereocenters. The highest BCUT2D eigenvalue weighted by atomic mass is 16.6. The van der Waals surface area contributed by atoms with Gasteiger partial charge in [-0.05, 0) is 26.3 Å². The van der Waals surface area contributed by atoms with Gasteiger partial charge in [-0.3, -0.25) is 4.90 Å². The SMILES string of the molecule is CC(C)(C)OC(=O)N1C[C@@H]2[C@@H](C1)OCCN2Cc1ccccc1. The van der Waals surface area contributed by atoms with Crippen molar-refractivity contribution in [3.8, 4) is 0 Å². The molecule has 0 saturated carbocycles. The molecule has 0 spiro atoms. The minimum atomic E-state index is -0.463. The summed E-state index contributed by atoms with van der Waals surface area (Å²) in [5.74, 6) is 0. The van der Waals surface area contributed by atoms with Crippen molar-refractivity contribution in [2.75, 3.05) is 26.2 Å². The minimum Gasteiger partial charge on any atom is -0.444 e. The van der Waals surface area contributed by atoms with Crippen LogP contribution < -0.4 is 0 Å². The highest BCUT2D eigenvalue weighted by Gasteiger charge is 2.42. The van der Waals surface area contributed by atoms with Crippen LogP contribution in [0.2, 0.25) is 0 Å². The van der Waals surface area contributed by atoms with Crippen molar-refractivity contribution in [2.24, 2.45) is 0 Å². The molecule has 2 aliphatic heterocycles. The van der Waals surface area contributed by atoms with E-state index in [1.54, 1.807) is 4.90 Å². The van der Waals surface area contributed by atoms with Crippen LogP contribution in [0.15, 0.2) is 30.3 Å². The molecule has 5 heteroatoms. The van der Waals surface area contributed by atoms with Gasteiger partial charge in [-0.25, -0.2) is 4.79 Å². The number of morpholine rings is 1. The number of carbonyl (C=O) groups excluding carboxylic acids is 1. The zero-order valence-electron chi connectivity index (χ0n) is 14.2. The van der Waals surface area contributed by atoms with Gasteiger partial charge in [-0.15, -0.1) is 0 Å². The van der Waals surface area contributed by atoms with E-state index in [0.29, 0.717) is 13.1 Å². The van der Waals surface area contributed by atoms with E-state index in [-0.39, 0.29) is 18.2 Å². The van der Waals surface area contributed by atoms with Crippen molar-refractivity contribution < 1.29 is 14.3 Å². The van der Waals surface area contributed by atoms with E-state index in [0.717, 1.165) is 19.7 Å². The first kappa shape index (κ1) is 16.3. The summed E-state index contributed by atoms with van der Waals surface area (Å²) in [6.45, 7) is 9.49. The number of hydrogen-bond donors (Lipinski definition) is 0. The fraction of sp³-hybridized carbons (Fsp3) is 0.611. The average Bonchev–Trinajstić information content (AvgIpc) is 2.92. The van der Waals surface area contributed by atoms with Gasteiger partial charge in [0.2, 0.25) is 0 Å². The highest BCUT2D eigenvalue weighted by molar-refractivity contribution is 5.68. The molecule has 0 aromatic heterocycles. The van der Waals surface area contributed by atoms with Gasteiger partial charge < -0.3 is 14.4 Å². The van der Waals surface area contributed by atoms with Gasteiger partial charge in [0, 0.05) is 19.6 Å². The molecule has 2 heterocycles. The minimum absolute atomic E-state index is 0.0833. The zero-order chi connectivity index (χ0) is 16.4. The van der Waals surface area contributed by atoms with Crippen molar-refractivity contribution >= 4 is 6.09 Å². The predicted octanol–water partition coefficient (Wildman–Crippen LogP) is 2.51. The lowest BCUT2D eigenvalue weighted by atomic mass is 10.1. The number of nitrogens with zero attached hydrogens (tertiary/aromatic N) is 2. The molecular formula is C18H26N2O3. The molecule has 5 nitrogen and oxygen atoms in total. The molecule has 0 aliphatic carbocycles. The maximum Gasteiger partial charge on any atom is 0.410 e. The molecule has 0 radical (unpaired) electrons. The first-order valence-electron chi connectivity index (χ1n) is 8.30. The van der Waals surface area contributed by atoms with E-state index in [1.807, 2.05) is 26.8 Å². The van der Waals surface area contributed by atoms with Crippen molar-refractivity contribution in [1.82, 2.24) is 9.80 Å². The molecule has 2 fully saturated rings. The molecule has 2 saturated heterocycles. The van der Waals surface area contributed by atoms with Crippen LogP contribution in [0.25, 0.3) is 0 Å². The summed E-state index contributed by atoms with van der Waals surface area (Å²) in [4.78, 5) is 16.5. The highest BCUT2D eigenvalue weighted by Crippen LogP contribution is 2.25. The summed E-state index contributed by atoms with van der Waals surface area (Å²) < 4.78 is 11.4. The van der Waals surface area contributed by atoms with Gasteiger partial charge in [0.25, 0.3) is 0 Å². The van der Waals surface area contributed by atoms with Crippen LogP contribution in [-0.2, 0) is 16.0 Å². The van der Waals surface area contributed by atoms with E-state index in [2.05, 4.69) is 29.2 Å². The maximum absolute atomic E-state index is 12.3. The third-order valence-corrected chi connectivity index (χ3v) is 4.30. The number of hydrogen-bond acceptors (Lipinski definition) is 4. The number of rotatable bonds is 2. The number of carbonyl (C=O) groups is 1. The monoisotopic (exact) mass is 318 g/mol. The summed E-state index contributed by atoms with van der Waals surface area (Å²) in [5.41, 5.74) is 0.832. The predicted molar refractivity (Wildman–Crippen MR) is 88.2 cm³/mol. The lowest BCUT2D eigenvalue weighted by Crippen LogP contribution is -2.50. The van der Waals surface area contributed by atoms with Crippen LogP contribution in [0.5, 0.6) is 0 Å². The largest absolute Gasteiger partial charge is 0.444 e. The topological polar surface area (TPSA) is 42.0 Å². The van der Waals surface area contributed by atoms with E-state index in [9.17, 15) is 4.79 Å². The lowest BCUT2D eigenvalue weighted by Gasteiger charge is -2.36. The summed E-state index contributed by atoms with van der Waals surface area (Å²) in [7, 11) is 0. The number of fused-ring (bicyclic) bond motifs is 1. The van der Waals surface area contributed by atoms with Crippen LogP contribution in [0.1, 0.15) is 26.3 Å². The Bertz CT molecular complexity index is 541. The molecule has 1 aromatic carbocycles. The molecule has 0 unspecified atom stereocenters. The van der Waals surface area contributed by atoms with Gasteiger partial charge >= 0.3 is 6.09 Å². The summed E-state index contributed by atoms with van der Waals surface area (Å²) in [6, 6.07) is 10.7. The molecule has 126 valence electrons. The van der Waals surface area contributed by atoms with Crippen LogP contribution in [0, 0.1) is 0 Å². The molecule has 23 heavy (non-hydrogen) atoms. The molecular weight excluding hydrogens is 292 g/mol. The van der Waals surface area contributed by atoms with E-state index < -0.39 is 5.60 Å². The van der Waals surface area contributed by atoms with Gasteiger partial charge in [0.15, 0.2) is 0 Å². The van der Waals surface area contributed by atoms with Crippen LogP contribution in [0.3, 0.4) is 0 Å². The van der Waals surface area contributed by atoms with E-state index in [4.69, 9.17) is 9.47 Å². The Balaban J connectivity index is 1.64. The average molecular weight is 318 g/mol.